The number of halogens is 3. The van der Waals surface area contributed by atoms with Gasteiger partial charge in [-0.1, -0.05) is 41.7 Å². The highest BCUT2D eigenvalue weighted by atomic mass is 35.5. The molecule has 1 heterocycles. The molecule has 0 atom stereocenters. The van der Waals surface area contributed by atoms with Crippen molar-refractivity contribution in [1.29, 1.82) is 0 Å². The summed E-state index contributed by atoms with van der Waals surface area (Å²) in [6, 6.07) is 7.19. The fourth-order valence-corrected chi connectivity index (χ4v) is 2.54. The summed E-state index contributed by atoms with van der Waals surface area (Å²) in [6.07, 6.45) is 0.877. The van der Waals surface area contributed by atoms with Crippen LogP contribution in [-0.2, 0) is 13.0 Å². The van der Waals surface area contributed by atoms with Crippen LogP contribution in [0.25, 0.3) is 0 Å². The number of furan rings is 1. The monoisotopic (exact) mass is 303 g/mol. The summed E-state index contributed by atoms with van der Waals surface area (Å²) >= 11 is 18.0. The molecule has 1 aromatic heterocycles. The summed E-state index contributed by atoms with van der Waals surface area (Å²) < 4.78 is 5.58. The zero-order valence-corrected chi connectivity index (χ0v) is 12.0. The van der Waals surface area contributed by atoms with Gasteiger partial charge in [0.25, 0.3) is 0 Å². The molecule has 0 fully saturated rings. The van der Waals surface area contributed by atoms with Gasteiger partial charge in [0.1, 0.15) is 11.5 Å². The first kappa shape index (κ1) is 13.6. The minimum Gasteiger partial charge on any atom is -0.464 e. The van der Waals surface area contributed by atoms with Crippen LogP contribution in [0.15, 0.2) is 28.7 Å². The Morgan fingerprint density at radius 3 is 2.22 bits per heavy atom. The Morgan fingerprint density at radius 2 is 1.67 bits per heavy atom. The summed E-state index contributed by atoms with van der Waals surface area (Å²) in [6.45, 7) is 2.57. The maximum absolute atomic E-state index is 6.07. The molecule has 0 aliphatic carbocycles. The van der Waals surface area contributed by atoms with Gasteiger partial charge in [-0.05, 0) is 24.3 Å². The third kappa shape index (κ3) is 3.14. The molecule has 0 unspecified atom stereocenters. The van der Waals surface area contributed by atoms with Crippen molar-refractivity contribution in [3.63, 3.8) is 0 Å². The first-order valence-electron chi connectivity index (χ1n) is 5.56. The molecule has 0 bridgehead atoms. The lowest BCUT2D eigenvalue weighted by Crippen LogP contribution is -1.99. The van der Waals surface area contributed by atoms with Crippen molar-refractivity contribution in [2.75, 3.05) is 5.32 Å². The predicted octanol–water partition coefficient (Wildman–Crippen LogP) is 5.41. The molecule has 0 saturated carbocycles. The molecule has 0 amide bonds. The van der Waals surface area contributed by atoms with Crippen LogP contribution in [0, 0.1) is 0 Å². The molecule has 5 heteroatoms. The van der Waals surface area contributed by atoms with E-state index in [-0.39, 0.29) is 0 Å². The van der Waals surface area contributed by atoms with Crippen molar-refractivity contribution in [2.24, 2.45) is 0 Å². The lowest BCUT2D eigenvalue weighted by atomic mass is 10.3. The number of aryl methyl sites for hydroxylation is 1. The summed E-state index contributed by atoms with van der Waals surface area (Å²) in [4.78, 5) is 0. The van der Waals surface area contributed by atoms with Crippen molar-refractivity contribution in [3.05, 3.63) is 50.9 Å². The Balaban J connectivity index is 2.10. The molecule has 1 N–H and O–H groups in total. The number of hydrogen-bond acceptors (Lipinski definition) is 2. The van der Waals surface area contributed by atoms with Crippen LogP contribution in [-0.4, -0.2) is 0 Å². The molecule has 0 aliphatic rings. The lowest BCUT2D eigenvalue weighted by Gasteiger charge is -2.09. The van der Waals surface area contributed by atoms with E-state index in [2.05, 4.69) is 5.32 Å². The molecule has 2 aromatic rings. The fourth-order valence-electron chi connectivity index (χ4n) is 1.59. The van der Waals surface area contributed by atoms with Gasteiger partial charge in [0.2, 0.25) is 0 Å². The average molecular weight is 305 g/mol. The topological polar surface area (TPSA) is 25.2 Å². The summed E-state index contributed by atoms with van der Waals surface area (Å²) in [7, 11) is 0. The zero-order chi connectivity index (χ0) is 13.1. The maximum Gasteiger partial charge on any atom is 0.123 e. The molecular weight excluding hydrogens is 293 g/mol. The lowest BCUT2D eigenvalue weighted by molar-refractivity contribution is 0.476. The van der Waals surface area contributed by atoms with Crippen molar-refractivity contribution < 1.29 is 4.42 Å². The Hall–Kier alpha value is -0.830. The molecular formula is C13H12Cl3NO. The van der Waals surface area contributed by atoms with Crippen LogP contribution in [0.5, 0.6) is 0 Å². The fraction of sp³-hybridized carbons (Fsp3) is 0.231. The number of anilines is 1. The third-order valence-electron chi connectivity index (χ3n) is 2.51. The van der Waals surface area contributed by atoms with E-state index >= 15 is 0 Å². The van der Waals surface area contributed by atoms with Gasteiger partial charge in [0.15, 0.2) is 0 Å². The molecule has 0 spiro atoms. The van der Waals surface area contributed by atoms with Crippen molar-refractivity contribution >= 4 is 40.5 Å². The van der Waals surface area contributed by atoms with Crippen LogP contribution in [0.2, 0.25) is 15.1 Å². The molecule has 0 saturated heterocycles. The highest BCUT2D eigenvalue weighted by Gasteiger charge is 2.08. The van der Waals surface area contributed by atoms with Crippen LogP contribution in [0.3, 0.4) is 0 Å². The van der Waals surface area contributed by atoms with E-state index in [9.17, 15) is 0 Å². The average Bonchev–Trinajstić information content (AvgIpc) is 2.75. The van der Waals surface area contributed by atoms with Crippen molar-refractivity contribution in [1.82, 2.24) is 0 Å². The van der Waals surface area contributed by atoms with Gasteiger partial charge in [-0.2, -0.15) is 0 Å². The highest BCUT2D eigenvalue weighted by Crippen LogP contribution is 2.33. The third-order valence-corrected chi connectivity index (χ3v) is 3.33. The van der Waals surface area contributed by atoms with Gasteiger partial charge in [0.05, 0.1) is 22.3 Å². The van der Waals surface area contributed by atoms with E-state index in [1.807, 2.05) is 19.1 Å². The zero-order valence-electron chi connectivity index (χ0n) is 9.77. The second kappa shape index (κ2) is 5.87. The summed E-state index contributed by atoms with van der Waals surface area (Å²) in [5.74, 6) is 1.80. The van der Waals surface area contributed by atoms with Crippen LogP contribution in [0.1, 0.15) is 18.4 Å². The Morgan fingerprint density at radius 1 is 1.06 bits per heavy atom. The van der Waals surface area contributed by atoms with Gasteiger partial charge in [-0.3, -0.25) is 0 Å². The van der Waals surface area contributed by atoms with Gasteiger partial charge in [0, 0.05) is 11.4 Å². The Labute approximate surface area is 121 Å². The maximum atomic E-state index is 6.07. The Bertz CT molecular complexity index is 528. The number of rotatable bonds is 4. The molecule has 0 aliphatic heterocycles. The van der Waals surface area contributed by atoms with E-state index in [1.54, 1.807) is 12.1 Å². The quantitative estimate of drug-likeness (QED) is 0.816. The van der Waals surface area contributed by atoms with Crippen LogP contribution in [0.4, 0.5) is 5.69 Å². The van der Waals surface area contributed by atoms with Gasteiger partial charge < -0.3 is 9.73 Å². The summed E-state index contributed by atoms with van der Waals surface area (Å²) in [5, 5.41) is 4.65. The van der Waals surface area contributed by atoms with E-state index in [4.69, 9.17) is 39.2 Å². The van der Waals surface area contributed by atoms with E-state index in [0.717, 1.165) is 17.9 Å². The minimum absolute atomic E-state index is 0.495. The highest BCUT2D eigenvalue weighted by molar-refractivity contribution is 6.41. The van der Waals surface area contributed by atoms with Gasteiger partial charge >= 0.3 is 0 Å². The smallest absolute Gasteiger partial charge is 0.123 e. The van der Waals surface area contributed by atoms with Crippen LogP contribution < -0.4 is 5.32 Å². The van der Waals surface area contributed by atoms with E-state index in [0.29, 0.717) is 27.3 Å². The van der Waals surface area contributed by atoms with E-state index in [1.165, 1.54) is 0 Å². The van der Waals surface area contributed by atoms with Crippen molar-refractivity contribution in [3.8, 4) is 0 Å². The summed E-state index contributed by atoms with van der Waals surface area (Å²) in [5.41, 5.74) is 0.664. The molecule has 1 aromatic carbocycles. The SMILES string of the molecule is CCc1ccc(CNc2c(Cl)cc(Cl)cc2Cl)o1. The second-order valence-corrected chi connectivity index (χ2v) is 5.07. The minimum atomic E-state index is 0.495. The molecule has 0 radical (unpaired) electrons. The second-order valence-electron chi connectivity index (χ2n) is 3.82. The predicted molar refractivity (Wildman–Crippen MR) is 76.9 cm³/mol. The molecule has 2 nitrogen and oxygen atoms in total. The van der Waals surface area contributed by atoms with Crippen LogP contribution >= 0.6 is 34.8 Å². The first-order valence-corrected chi connectivity index (χ1v) is 6.69. The van der Waals surface area contributed by atoms with Crippen molar-refractivity contribution in [2.45, 2.75) is 19.9 Å². The van der Waals surface area contributed by atoms with E-state index < -0.39 is 0 Å². The largest absolute Gasteiger partial charge is 0.464 e. The first-order chi connectivity index (χ1) is 8.60. The Kier molecular flexibility index (Phi) is 4.44. The molecule has 2 rings (SSSR count). The normalized spacial score (nSPS) is 10.7. The number of hydrogen-bond donors (Lipinski definition) is 1. The van der Waals surface area contributed by atoms with Gasteiger partial charge in [-0.25, -0.2) is 0 Å². The van der Waals surface area contributed by atoms with Gasteiger partial charge in [-0.15, -0.1) is 0 Å². The standard InChI is InChI=1S/C13H12Cl3NO/c1-2-9-3-4-10(18-9)7-17-13-11(15)5-8(14)6-12(13)16/h3-6,17H,2,7H2,1H3. The molecule has 18 heavy (non-hydrogen) atoms. The number of nitrogens with one attached hydrogen (secondary N) is 1. The number of benzene rings is 1. The molecule has 96 valence electrons.